The van der Waals surface area contributed by atoms with Gasteiger partial charge in [0, 0.05) is 0 Å². The van der Waals surface area contributed by atoms with Gasteiger partial charge in [0.25, 0.3) is 0 Å². The normalized spacial score (nSPS) is 34.0. The van der Waals surface area contributed by atoms with E-state index in [1.165, 1.54) is 6.26 Å². The van der Waals surface area contributed by atoms with E-state index in [4.69, 9.17) is 14.9 Å². The van der Waals surface area contributed by atoms with Crippen LogP contribution in [0.25, 0.3) is 0 Å². The Morgan fingerprint density at radius 2 is 2.44 bits per heavy atom. The molecule has 0 saturated heterocycles. The quantitative estimate of drug-likeness (QED) is 0.509. The minimum atomic E-state index is -0.542. The molecule has 52 valence electrons. The zero-order chi connectivity index (χ0) is 6.69. The van der Waals surface area contributed by atoms with Crippen molar-refractivity contribution in [3.63, 3.8) is 0 Å². The first-order valence-electron chi connectivity index (χ1n) is 2.94. The lowest BCUT2D eigenvalue weighted by molar-refractivity contribution is -0.0312. The second-order valence-electron chi connectivity index (χ2n) is 2.03. The Hall–Kier alpha value is -0.540. The molecule has 3 nitrogen and oxygen atoms in total. The van der Waals surface area contributed by atoms with Gasteiger partial charge in [0.05, 0.1) is 19.0 Å². The predicted octanol–water partition coefficient (Wildman–Crippen LogP) is -0.358. The third kappa shape index (κ3) is 1.43. The molecule has 1 aliphatic heterocycles. The number of aliphatic hydroxyl groups excluding tert-OH is 2. The topological polar surface area (TPSA) is 49.7 Å². The molecule has 2 N–H and O–H groups in total. The minimum absolute atomic E-state index is 0.120. The second-order valence-corrected chi connectivity index (χ2v) is 2.03. The summed E-state index contributed by atoms with van der Waals surface area (Å²) >= 11 is 0. The molecule has 0 saturated carbocycles. The third-order valence-electron chi connectivity index (χ3n) is 1.34. The minimum Gasteiger partial charge on any atom is -0.493 e. The Kier molecular flexibility index (Phi) is 2.08. The Morgan fingerprint density at radius 3 is 2.89 bits per heavy atom. The largest absolute Gasteiger partial charge is 0.493 e. The molecule has 0 bridgehead atoms. The summed E-state index contributed by atoms with van der Waals surface area (Å²) in [5.74, 6) is 0. The van der Waals surface area contributed by atoms with Crippen LogP contribution in [-0.4, -0.2) is 29.0 Å². The smallest absolute Gasteiger partial charge is 0.147 e. The maximum atomic E-state index is 9.03. The van der Waals surface area contributed by atoms with Gasteiger partial charge in [0.2, 0.25) is 0 Å². The lowest BCUT2D eigenvalue weighted by Gasteiger charge is -2.22. The molecule has 0 aromatic rings. The first-order chi connectivity index (χ1) is 4.34. The first kappa shape index (κ1) is 6.58. The second kappa shape index (κ2) is 2.85. The van der Waals surface area contributed by atoms with Crippen LogP contribution in [0.5, 0.6) is 0 Å². The Labute approximate surface area is 53.6 Å². The van der Waals surface area contributed by atoms with Gasteiger partial charge in [-0.2, -0.15) is 0 Å². The number of ether oxygens (including phenoxy) is 1. The third-order valence-corrected chi connectivity index (χ3v) is 1.34. The summed E-state index contributed by atoms with van der Waals surface area (Å²) in [7, 11) is 0. The van der Waals surface area contributed by atoms with Crippen LogP contribution in [0.3, 0.4) is 0 Å². The molecule has 0 aromatic carbocycles. The number of hydrogen-bond acceptors (Lipinski definition) is 3. The molecule has 3 heteroatoms. The highest BCUT2D eigenvalue weighted by atomic mass is 16.5. The van der Waals surface area contributed by atoms with Crippen molar-refractivity contribution in [3.05, 3.63) is 12.3 Å². The molecule has 0 aromatic heterocycles. The van der Waals surface area contributed by atoms with Crippen molar-refractivity contribution in [1.82, 2.24) is 0 Å². The van der Waals surface area contributed by atoms with E-state index in [0.29, 0.717) is 6.42 Å². The van der Waals surface area contributed by atoms with Crippen molar-refractivity contribution in [1.29, 1.82) is 0 Å². The van der Waals surface area contributed by atoms with E-state index < -0.39 is 12.2 Å². The summed E-state index contributed by atoms with van der Waals surface area (Å²) in [6.07, 6.45) is 2.85. The van der Waals surface area contributed by atoms with Crippen LogP contribution >= 0.6 is 0 Å². The van der Waals surface area contributed by atoms with Gasteiger partial charge in [-0.05, 0) is 12.5 Å². The molecule has 9 heavy (non-hydrogen) atoms. The van der Waals surface area contributed by atoms with E-state index in [1.807, 2.05) is 0 Å². The summed E-state index contributed by atoms with van der Waals surface area (Å²) in [5, 5.41) is 17.6. The van der Waals surface area contributed by atoms with Crippen molar-refractivity contribution in [2.24, 2.45) is 0 Å². The number of aliphatic hydroxyl groups is 2. The van der Waals surface area contributed by atoms with Crippen LogP contribution in [0.2, 0.25) is 0 Å². The summed E-state index contributed by atoms with van der Waals surface area (Å²) in [5.41, 5.74) is 0. The van der Waals surface area contributed by atoms with Crippen molar-refractivity contribution in [2.75, 3.05) is 6.61 Å². The molecule has 0 radical (unpaired) electrons. The SMILES string of the molecule is OC[C@H]1OC=CC[C@@H]1O. The monoisotopic (exact) mass is 130 g/mol. The molecule has 2 atom stereocenters. The highest BCUT2D eigenvalue weighted by Gasteiger charge is 2.19. The highest BCUT2D eigenvalue weighted by molar-refractivity contribution is 4.87. The average Bonchev–Trinajstić information content (AvgIpc) is 1.89. The Morgan fingerprint density at radius 1 is 1.67 bits per heavy atom. The lowest BCUT2D eigenvalue weighted by atomic mass is 10.1. The molecule has 0 spiro atoms. The molecule has 0 amide bonds. The van der Waals surface area contributed by atoms with Crippen molar-refractivity contribution in [3.8, 4) is 0 Å². The molecule has 1 heterocycles. The fraction of sp³-hybridized carbons (Fsp3) is 0.667. The van der Waals surface area contributed by atoms with E-state index in [-0.39, 0.29) is 6.61 Å². The first-order valence-corrected chi connectivity index (χ1v) is 2.94. The van der Waals surface area contributed by atoms with Crippen LogP contribution in [0, 0.1) is 0 Å². The van der Waals surface area contributed by atoms with Gasteiger partial charge in [0.1, 0.15) is 6.10 Å². The van der Waals surface area contributed by atoms with E-state index in [0.717, 1.165) is 0 Å². The van der Waals surface area contributed by atoms with Gasteiger partial charge in [-0.15, -0.1) is 0 Å². The standard InChI is InChI=1S/C6H10O3/c7-4-6-5(8)2-1-3-9-6/h1,3,5-8H,2,4H2/t5-,6+/m0/s1. The lowest BCUT2D eigenvalue weighted by Crippen LogP contribution is -2.32. The van der Waals surface area contributed by atoms with Gasteiger partial charge in [-0.3, -0.25) is 0 Å². The van der Waals surface area contributed by atoms with Crippen molar-refractivity contribution in [2.45, 2.75) is 18.6 Å². The van der Waals surface area contributed by atoms with E-state index in [9.17, 15) is 0 Å². The zero-order valence-electron chi connectivity index (χ0n) is 5.03. The fourth-order valence-corrected chi connectivity index (χ4v) is 0.759. The van der Waals surface area contributed by atoms with Crippen molar-refractivity contribution < 1.29 is 14.9 Å². The predicted molar refractivity (Wildman–Crippen MR) is 31.7 cm³/mol. The van der Waals surface area contributed by atoms with Gasteiger partial charge < -0.3 is 14.9 Å². The molecule has 1 aliphatic rings. The summed E-state index contributed by atoms with van der Waals surface area (Å²) in [6.45, 7) is -0.120. The maximum absolute atomic E-state index is 9.03. The van der Waals surface area contributed by atoms with Crippen molar-refractivity contribution >= 4 is 0 Å². The summed E-state index contributed by atoms with van der Waals surface area (Å²) < 4.78 is 4.86. The van der Waals surface area contributed by atoms with Crippen LogP contribution in [0.15, 0.2) is 12.3 Å². The van der Waals surface area contributed by atoms with E-state index in [1.54, 1.807) is 6.08 Å². The molecular weight excluding hydrogens is 120 g/mol. The molecule has 0 unspecified atom stereocenters. The molecule has 1 rings (SSSR count). The summed E-state index contributed by atoms with van der Waals surface area (Å²) in [4.78, 5) is 0. The van der Waals surface area contributed by atoms with Gasteiger partial charge in [-0.1, -0.05) is 0 Å². The average molecular weight is 130 g/mol. The maximum Gasteiger partial charge on any atom is 0.147 e. The number of hydrogen-bond donors (Lipinski definition) is 2. The van der Waals surface area contributed by atoms with Gasteiger partial charge >= 0.3 is 0 Å². The number of rotatable bonds is 1. The highest BCUT2D eigenvalue weighted by Crippen LogP contribution is 2.09. The van der Waals surface area contributed by atoms with Crippen LogP contribution in [0.1, 0.15) is 6.42 Å². The molecular formula is C6H10O3. The zero-order valence-corrected chi connectivity index (χ0v) is 5.03. The Balaban J connectivity index is 2.43. The van der Waals surface area contributed by atoms with E-state index >= 15 is 0 Å². The van der Waals surface area contributed by atoms with Crippen LogP contribution in [0.4, 0.5) is 0 Å². The summed E-state index contributed by atoms with van der Waals surface area (Å²) in [6, 6.07) is 0. The van der Waals surface area contributed by atoms with Crippen LogP contribution in [-0.2, 0) is 4.74 Å². The van der Waals surface area contributed by atoms with Crippen LogP contribution < -0.4 is 0 Å². The Bertz CT molecular complexity index is 111. The van der Waals surface area contributed by atoms with Gasteiger partial charge in [0.15, 0.2) is 0 Å². The molecule has 0 fully saturated rings. The molecule has 0 aliphatic carbocycles. The van der Waals surface area contributed by atoms with Gasteiger partial charge in [-0.25, -0.2) is 0 Å². The fourth-order valence-electron chi connectivity index (χ4n) is 0.759. The van der Waals surface area contributed by atoms with E-state index in [2.05, 4.69) is 0 Å².